The summed E-state index contributed by atoms with van der Waals surface area (Å²) in [6.45, 7) is 6.26. The second-order valence-electron chi connectivity index (χ2n) is 4.23. The van der Waals surface area contributed by atoms with Crippen LogP contribution in [-0.4, -0.2) is 9.38 Å². The molecule has 0 fully saturated rings. The number of alkyl halides is 1. The lowest BCUT2D eigenvalue weighted by atomic mass is 10.1. The van der Waals surface area contributed by atoms with Gasteiger partial charge in [0.2, 0.25) is 0 Å². The van der Waals surface area contributed by atoms with E-state index in [1.165, 1.54) is 0 Å². The minimum atomic E-state index is -0.0401. The lowest BCUT2D eigenvalue weighted by Crippen LogP contribution is -1.99. The molecule has 1 unspecified atom stereocenters. The third-order valence-corrected chi connectivity index (χ3v) is 3.25. The number of aromatic nitrogens is 2. The van der Waals surface area contributed by atoms with Crippen LogP contribution in [0.3, 0.4) is 0 Å². The highest BCUT2D eigenvalue weighted by atomic mass is 79.9. The molecule has 0 spiro atoms. The molecule has 2 nitrogen and oxygen atoms in total. The Bertz CT molecular complexity index is 517. The molecule has 0 aliphatic heterocycles. The fourth-order valence-electron chi connectivity index (χ4n) is 1.88. The zero-order valence-corrected chi connectivity index (χ0v) is 11.9. The van der Waals surface area contributed by atoms with Crippen molar-refractivity contribution in [3.8, 4) is 0 Å². The van der Waals surface area contributed by atoms with Gasteiger partial charge in [-0.2, -0.15) is 0 Å². The molecule has 0 N–H and O–H groups in total. The topological polar surface area (TPSA) is 17.3 Å². The molecule has 1 atom stereocenters. The first-order chi connectivity index (χ1) is 7.50. The number of halogens is 2. The first kappa shape index (κ1) is 11.9. The molecule has 0 saturated heterocycles. The number of hydrogen-bond acceptors (Lipinski definition) is 1. The predicted molar refractivity (Wildman–Crippen MR) is 71.2 cm³/mol. The van der Waals surface area contributed by atoms with E-state index < -0.39 is 0 Å². The quantitative estimate of drug-likeness (QED) is 0.745. The van der Waals surface area contributed by atoms with Crippen LogP contribution in [0.1, 0.15) is 43.5 Å². The van der Waals surface area contributed by atoms with Gasteiger partial charge in [-0.15, -0.1) is 11.6 Å². The van der Waals surface area contributed by atoms with E-state index in [-0.39, 0.29) is 5.38 Å². The van der Waals surface area contributed by atoms with Crippen LogP contribution in [0.4, 0.5) is 0 Å². The summed E-state index contributed by atoms with van der Waals surface area (Å²) in [5.74, 6) is 0.384. The van der Waals surface area contributed by atoms with Gasteiger partial charge >= 0.3 is 0 Å². The third-order valence-electron chi connectivity index (χ3n) is 2.57. The molecule has 2 aromatic rings. The molecule has 0 aromatic carbocycles. The SMILES string of the molecule is CC(C)c1nc2ccc(Br)cn2c1C(C)Cl. The van der Waals surface area contributed by atoms with Crippen molar-refractivity contribution in [3.05, 3.63) is 34.2 Å². The van der Waals surface area contributed by atoms with Crippen LogP contribution in [-0.2, 0) is 0 Å². The zero-order chi connectivity index (χ0) is 11.9. The number of hydrogen-bond donors (Lipinski definition) is 0. The van der Waals surface area contributed by atoms with Crippen molar-refractivity contribution in [1.29, 1.82) is 0 Å². The fraction of sp³-hybridized carbons (Fsp3) is 0.417. The molecule has 4 heteroatoms. The van der Waals surface area contributed by atoms with E-state index >= 15 is 0 Å². The van der Waals surface area contributed by atoms with Crippen LogP contribution in [0.5, 0.6) is 0 Å². The van der Waals surface area contributed by atoms with Crippen molar-refractivity contribution < 1.29 is 0 Å². The maximum atomic E-state index is 6.25. The molecule has 16 heavy (non-hydrogen) atoms. The highest BCUT2D eigenvalue weighted by molar-refractivity contribution is 9.10. The highest BCUT2D eigenvalue weighted by Gasteiger charge is 2.18. The summed E-state index contributed by atoms with van der Waals surface area (Å²) in [5, 5.41) is -0.0401. The van der Waals surface area contributed by atoms with Gasteiger partial charge in [-0.3, -0.25) is 0 Å². The van der Waals surface area contributed by atoms with Crippen molar-refractivity contribution >= 4 is 33.2 Å². The molecule has 0 amide bonds. The summed E-state index contributed by atoms with van der Waals surface area (Å²) in [4.78, 5) is 4.63. The Hall–Kier alpha value is -0.540. The average Bonchev–Trinajstić information content (AvgIpc) is 2.55. The van der Waals surface area contributed by atoms with Gasteiger partial charge in [-0.05, 0) is 40.9 Å². The van der Waals surface area contributed by atoms with Gasteiger partial charge in [-0.1, -0.05) is 13.8 Å². The van der Waals surface area contributed by atoms with E-state index in [1.807, 2.05) is 25.3 Å². The van der Waals surface area contributed by atoms with Crippen LogP contribution < -0.4 is 0 Å². The first-order valence-corrected chi connectivity index (χ1v) is 6.55. The molecular formula is C12H14BrClN2. The van der Waals surface area contributed by atoms with Gasteiger partial charge < -0.3 is 4.40 Å². The molecule has 86 valence electrons. The summed E-state index contributed by atoms with van der Waals surface area (Å²) in [7, 11) is 0. The fourth-order valence-corrected chi connectivity index (χ4v) is 2.43. The van der Waals surface area contributed by atoms with Crippen LogP contribution in [0.2, 0.25) is 0 Å². The highest BCUT2D eigenvalue weighted by Crippen LogP contribution is 2.30. The largest absolute Gasteiger partial charge is 0.301 e. The summed E-state index contributed by atoms with van der Waals surface area (Å²) in [6, 6.07) is 3.99. The molecule has 2 heterocycles. The normalized spacial score (nSPS) is 13.6. The maximum absolute atomic E-state index is 6.25. The third kappa shape index (κ3) is 1.98. The summed E-state index contributed by atoms with van der Waals surface area (Å²) >= 11 is 9.72. The van der Waals surface area contributed by atoms with Crippen LogP contribution in [0.15, 0.2) is 22.8 Å². The van der Waals surface area contributed by atoms with Crippen LogP contribution in [0, 0.1) is 0 Å². The van der Waals surface area contributed by atoms with Gasteiger partial charge in [0, 0.05) is 10.7 Å². The van der Waals surface area contributed by atoms with E-state index in [0.717, 1.165) is 21.5 Å². The number of imidazole rings is 1. The summed E-state index contributed by atoms with van der Waals surface area (Å²) in [5.41, 5.74) is 3.13. The smallest absolute Gasteiger partial charge is 0.137 e. The van der Waals surface area contributed by atoms with Crippen molar-refractivity contribution in [2.24, 2.45) is 0 Å². The number of rotatable bonds is 2. The Kier molecular flexibility index (Phi) is 3.27. The average molecular weight is 302 g/mol. The predicted octanol–water partition coefficient (Wildman–Crippen LogP) is 4.52. The Labute approximate surface area is 109 Å². The number of nitrogens with zero attached hydrogens (tertiary/aromatic N) is 2. The first-order valence-electron chi connectivity index (χ1n) is 5.32. The Balaban J connectivity index is 2.77. The van der Waals surface area contributed by atoms with Crippen LogP contribution >= 0.6 is 27.5 Å². The molecule has 0 radical (unpaired) electrons. The second-order valence-corrected chi connectivity index (χ2v) is 5.80. The molecular weight excluding hydrogens is 288 g/mol. The lowest BCUT2D eigenvalue weighted by molar-refractivity contribution is 0.799. The van der Waals surface area contributed by atoms with Crippen molar-refractivity contribution in [1.82, 2.24) is 9.38 Å². The lowest BCUT2D eigenvalue weighted by Gasteiger charge is -2.09. The standard InChI is InChI=1S/C12H14BrClN2/c1-7(2)11-12(8(3)14)16-6-9(13)4-5-10(16)15-11/h4-8H,1-3H3. The van der Waals surface area contributed by atoms with E-state index in [2.05, 4.69) is 39.2 Å². The van der Waals surface area contributed by atoms with Gasteiger partial charge in [0.1, 0.15) is 5.65 Å². The monoisotopic (exact) mass is 300 g/mol. The van der Waals surface area contributed by atoms with E-state index in [1.54, 1.807) is 0 Å². The minimum Gasteiger partial charge on any atom is -0.301 e. The van der Waals surface area contributed by atoms with Gasteiger partial charge in [0.05, 0.1) is 16.8 Å². The number of fused-ring (bicyclic) bond motifs is 1. The molecule has 0 aliphatic carbocycles. The molecule has 0 aliphatic rings. The minimum absolute atomic E-state index is 0.0401. The van der Waals surface area contributed by atoms with E-state index in [0.29, 0.717) is 5.92 Å². The Morgan fingerprint density at radius 3 is 2.56 bits per heavy atom. The molecule has 2 aromatic heterocycles. The Morgan fingerprint density at radius 1 is 1.31 bits per heavy atom. The van der Waals surface area contributed by atoms with Gasteiger partial charge in [0.15, 0.2) is 0 Å². The molecule has 0 bridgehead atoms. The Morgan fingerprint density at radius 2 is 2.00 bits per heavy atom. The summed E-state index contributed by atoms with van der Waals surface area (Å²) < 4.78 is 3.10. The number of pyridine rings is 1. The second kappa shape index (κ2) is 4.38. The van der Waals surface area contributed by atoms with Crippen molar-refractivity contribution in [2.75, 3.05) is 0 Å². The van der Waals surface area contributed by atoms with Crippen LogP contribution in [0.25, 0.3) is 5.65 Å². The maximum Gasteiger partial charge on any atom is 0.137 e. The van der Waals surface area contributed by atoms with Crippen molar-refractivity contribution in [2.45, 2.75) is 32.1 Å². The summed E-state index contributed by atoms with van der Waals surface area (Å²) in [6.07, 6.45) is 2.02. The van der Waals surface area contributed by atoms with E-state index in [4.69, 9.17) is 11.6 Å². The zero-order valence-electron chi connectivity index (χ0n) is 9.54. The molecule has 0 saturated carbocycles. The van der Waals surface area contributed by atoms with Gasteiger partial charge in [-0.25, -0.2) is 4.98 Å². The van der Waals surface area contributed by atoms with Gasteiger partial charge in [0.25, 0.3) is 0 Å². The van der Waals surface area contributed by atoms with E-state index in [9.17, 15) is 0 Å². The van der Waals surface area contributed by atoms with Crippen molar-refractivity contribution in [3.63, 3.8) is 0 Å². The molecule has 2 rings (SSSR count).